The molecule has 0 radical (unpaired) electrons. The first-order valence-corrected chi connectivity index (χ1v) is 24.6. The highest BCUT2D eigenvalue weighted by molar-refractivity contribution is 5.99. The number of aromatic amines is 1. The average molecular weight is 1110 g/mol. The van der Waals surface area contributed by atoms with Gasteiger partial charge in [-0.1, -0.05) is 41.5 Å². The number of guanidine groups is 1. The lowest BCUT2D eigenvalue weighted by molar-refractivity contribution is -0.142. The molecule has 0 aliphatic rings. The number of nitrogens with one attached hydrogen (secondary N) is 10. The van der Waals surface area contributed by atoms with E-state index in [2.05, 4.69) is 62.8 Å². The minimum atomic E-state index is -1.85. The molecular formula is C46H79N17O15. The minimum Gasteiger partial charge on any atom is -0.481 e. The van der Waals surface area contributed by atoms with Crippen molar-refractivity contribution in [2.75, 3.05) is 13.1 Å². The summed E-state index contributed by atoms with van der Waals surface area (Å²) in [5.41, 5.74) is 27.5. The van der Waals surface area contributed by atoms with Crippen LogP contribution in [0.1, 0.15) is 100 Å². The topological polar surface area (TPSA) is 542 Å². The Bertz CT molecular complexity index is 2270. The van der Waals surface area contributed by atoms with Crippen LogP contribution >= 0.6 is 0 Å². The number of nitrogens with zero attached hydrogens (tertiary/aromatic N) is 2. The molecular weight excluding hydrogens is 1030 g/mol. The maximum Gasteiger partial charge on any atom is 0.305 e. The molecule has 22 N–H and O–H groups in total. The summed E-state index contributed by atoms with van der Waals surface area (Å²) >= 11 is 0. The van der Waals surface area contributed by atoms with Gasteiger partial charge in [0.2, 0.25) is 65.0 Å². The second-order valence-corrected chi connectivity index (χ2v) is 19.1. The van der Waals surface area contributed by atoms with Gasteiger partial charge in [0, 0.05) is 31.8 Å². The van der Waals surface area contributed by atoms with Crippen LogP contribution in [0.5, 0.6) is 0 Å². The Morgan fingerprint density at radius 3 is 1.46 bits per heavy atom. The Morgan fingerprint density at radius 2 is 1.03 bits per heavy atom. The monoisotopic (exact) mass is 1110 g/mol. The lowest BCUT2D eigenvalue weighted by Gasteiger charge is -2.28. The van der Waals surface area contributed by atoms with Gasteiger partial charge in [0.25, 0.3) is 5.97 Å². The Labute approximate surface area is 450 Å². The summed E-state index contributed by atoms with van der Waals surface area (Å²) in [5, 5.41) is 38.7. The number of H-pyrrole nitrogens is 1. The van der Waals surface area contributed by atoms with Crippen molar-refractivity contribution in [2.45, 2.75) is 155 Å². The lowest BCUT2D eigenvalue weighted by Crippen LogP contribution is -2.61. The first kappa shape index (κ1) is 69.5. The summed E-state index contributed by atoms with van der Waals surface area (Å²) in [4.78, 5) is 175. The van der Waals surface area contributed by atoms with Crippen LogP contribution in [0.15, 0.2) is 17.5 Å². The third-order valence-electron chi connectivity index (χ3n) is 10.7. The van der Waals surface area contributed by atoms with E-state index in [9.17, 15) is 62.6 Å². The van der Waals surface area contributed by atoms with Crippen molar-refractivity contribution in [3.63, 3.8) is 0 Å². The molecule has 1 heterocycles. The molecule has 1 aromatic rings. The number of carbonyl (C=O) groups is 13. The first-order valence-electron chi connectivity index (χ1n) is 24.6. The summed E-state index contributed by atoms with van der Waals surface area (Å²) in [6.45, 7) is 12.9. The fraction of sp³-hybridized carbons (Fsp3) is 0.630. The number of aliphatic imine (C=N–C) groups is 1. The molecule has 0 unspecified atom stereocenters. The number of hydrogen-bond donors (Lipinski definition) is 17. The highest BCUT2D eigenvalue weighted by Gasteiger charge is 2.36. The molecule has 78 heavy (non-hydrogen) atoms. The van der Waals surface area contributed by atoms with Crippen LogP contribution in [-0.4, -0.2) is 171 Å². The highest BCUT2D eigenvalue weighted by atomic mass is 16.4. The number of rotatable bonds is 33. The molecule has 438 valence electrons. The van der Waals surface area contributed by atoms with Gasteiger partial charge in [-0.25, -0.2) is 4.98 Å². The van der Waals surface area contributed by atoms with E-state index in [0.717, 1.165) is 6.92 Å². The van der Waals surface area contributed by atoms with Gasteiger partial charge in [0.1, 0.15) is 48.3 Å². The van der Waals surface area contributed by atoms with E-state index in [-0.39, 0.29) is 37.7 Å². The van der Waals surface area contributed by atoms with Gasteiger partial charge in [-0.15, -0.1) is 0 Å². The number of imidazole rings is 1. The zero-order valence-electron chi connectivity index (χ0n) is 45.2. The van der Waals surface area contributed by atoms with Crippen molar-refractivity contribution in [1.29, 1.82) is 0 Å². The summed E-state index contributed by atoms with van der Waals surface area (Å²) in [6.07, 6.45) is 1.45. The Kier molecular flexibility index (Phi) is 31.2. The third-order valence-corrected chi connectivity index (χ3v) is 10.7. The number of primary amides is 2. The summed E-state index contributed by atoms with van der Waals surface area (Å²) in [7, 11) is 0. The molecule has 11 amide bonds. The average Bonchev–Trinajstić information content (AvgIpc) is 3.83. The molecule has 0 aliphatic heterocycles. The second kappa shape index (κ2) is 35.0. The van der Waals surface area contributed by atoms with E-state index in [1.54, 1.807) is 0 Å². The van der Waals surface area contributed by atoms with Gasteiger partial charge >= 0.3 is 5.97 Å². The smallest absolute Gasteiger partial charge is 0.305 e. The zero-order valence-corrected chi connectivity index (χ0v) is 45.2. The largest absolute Gasteiger partial charge is 0.481 e. The van der Waals surface area contributed by atoms with Crippen LogP contribution in [-0.2, 0) is 68.7 Å². The Balaban J connectivity index is 0.0000143. The number of nitrogens with two attached hydrogens (primary N) is 5. The predicted molar refractivity (Wildman–Crippen MR) is 278 cm³/mol. The van der Waals surface area contributed by atoms with Gasteiger partial charge in [-0.3, -0.25) is 67.3 Å². The van der Waals surface area contributed by atoms with Gasteiger partial charge in [0.05, 0.1) is 31.8 Å². The SMILES string of the molecule is CC(=O)O.CC(C)C[C@H](N)C(=O)N[C@@H](CCCN=C(N)N)C(=O)N[C@@H](C)C(=O)N[C@@H](Cc1cnc[nH]1)C(=O)N[C@@H](C)C(=O)N[C@H](C(=O)N[C@@H](CC(=O)O)C(=O)N[C@H](C(=O)N[C@@H](CC(N)=O)C(=O)NCC(N)=O)C(C)C)C(C)C. The molecule has 1 aromatic heterocycles. The molecule has 0 saturated carbocycles. The lowest BCUT2D eigenvalue weighted by atomic mass is 10.0. The second-order valence-electron chi connectivity index (χ2n) is 19.1. The molecule has 32 heteroatoms. The van der Waals surface area contributed by atoms with Gasteiger partial charge < -0.3 is 91.7 Å². The predicted octanol–water partition coefficient (Wildman–Crippen LogP) is -6.35. The molecule has 0 aromatic carbocycles. The Morgan fingerprint density at radius 1 is 0.577 bits per heavy atom. The number of hydrogen-bond acceptors (Lipinski definition) is 16. The fourth-order valence-corrected chi connectivity index (χ4v) is 6.76. The van der Waals surface area contributed by atoms with Crippen molar-refractivity contribution < 1.29 is 72.5 Å². The van der Waals surface area contributed by atoms with E-state index in [1.165, 1.54) is 54.1 Å². The van der Waals surface area contributed by atoms with Crippen LogP contribution in [0.2, 0.25) is 0 Å². The maximum atomic E-state index is 13.8. The molecule has 32 nitrogen and oxygen atoms in total. The zero-order chi connectivity index (χ0) is 60.1. The van der Waals surface area contributed by atoms with Crippen molar-refractivity contribution in [1.82, 2.24) is 57.8 Å². The normalized spacial score (nSPS) is 14.3. The minimum absolute atomic E-state index is 0.0626. The van der Waals surface area contributed by atoms with Crippen LogP contribution in [0.4, 0.5) is 0 Å². The first-order chi connectivity index (χ1) is 36.2. The van der Waals surface area contributed by atoms with Crippen LogP contribution in [0.25, 0.3) is 0 Å². The highest BCUT2D eigenvalue weighted by Crippen LogP contribution is 2.10. The molecule has 0 spiro atoms. The molecule has 0 saturated heterocycles. The molecule has 0 fully saturated rings. The number of carboxylic acid groups (broad SMARTS) is 2. The molecule has 9 atom stereocenters. The standard InChI is InChI=1S/C44H75N17O13.C2H4O2/c1-19(2)12-25(45)37(68)56-26(10-9-11-51-44(48)49)39(70)54-22(7)35(66)57-27(13-24-16-50-18-53-24)40(71)55-23(8)36(67)60-33(20(3)4)42(73)59-29(15-32(64)65)41(72)61-34(21(5)6)43(74)58-28(14-30(46)62)38(69)52-17-31(47)63;1-2(3)4/h16,18-23,25-29,33-34H,9-15,17,45H2,1-8H3,(H2,46,62)(H2,47,63)(H,50,53)(H,52,69)(H,54,70)(H,55,71)(H,56,68)(H,57,66)(H,58,74)(H,59,73)(H,60,67)(H,61,72)(H,64,65)(H4,48,49,51);1H3,(H,3,4)/t22-,23-,25-,26-,27-,28-,29-,33-,34-;/m0./s1. The maximum absolute atomic E-state index is 13.8. The summed E-state index contributed by atoms with van der Waals surface area (Å²) < 4.78 is 0. The van der Waals surface area contributed by atoms with Crippen molar-refractivity contribution >= 4 is 82.9 Å². The van der Waals surface area contributed by atoms with E-state index in [0.29, 0.717) is 12.1 Å². The van der Waals surface area contributed by atoms with Crippen molar-refractivity contribution in [3.05, 3.63) is 18.2 Å². The quantitative estimate of drug-likeness (QED) is 0.0177. The summed E-state index contributed by atoms with van der Waals surface area (Å²) in [5.74, 6) is -14.1. The van der Waals surface area contributed by atoms with Gasteiger partial charge in [-0.2, -0.15) is 0 Å². The van der Waals surface area contributed by atoms with Crippen molar-refractivity contribution in [2.24, 2.45) is 51.4 Å². The summed E-state index contributed by atoms with van der Waals surface area (Å²) in [6, 6.07) is -12.6. The van der Waals surface area contributed by atoms with Gasteiger partial charge in [-0.05, 0) is 50.9 Å². The number of carboxylic acids is 2. The van der Waals surface area contributed by atoms with Crippen LogP contribution < -0.4 is 76.5 Å². The van der Waals surface area contributed by atoms with E-state index < -0.39 is 163 Å². The number of carbonyl (C=O) groups excluding carboxylic acids is 11. The number of aromatic nitrogens is 2. The van der Waals surface area contributed by atoms with Crippen LogP contribution in [0, 0.1) is 17.8 Å². The molecule has 0 aliphatic carbocycles. The van der Waals surface area contributed by atoms with E-state index in [1.807, 2.05) is 13.8 Å². The molecule has 0 bridgehead atoms. The van der Waals surface area contributed by atoms with Gasteiger partial charge in [0.15, 0.2) is 5.96 Å². The van der Waals surface area contributed by atoms with Crippen LogP contribution in [0.3, 0.4) is 0 Å². The van der Waals surface area contributed by atoms with E-state index in [4.69, 9.17) is 38.6 Å². The number of amides is 11. The number of aliphatic carboxylic acids is 2. The van der Waals surface area contributed by atoms with E-state index >= 15 is 0 Å². The van der Waals surface area contributed by atoms with Crippen molar-refractivity contribution in [3.8, 4) is 0 Å². The fourth-order valence-electron chi connectivity index (χ4n) is 6.76. The molecule has 1 rings (SSSR count). The third kappa shape index (κ3) is 28.4. The Hall–Kier alpha value is -8.45.